The van der Waals surface area contributed by atoms with Gasteiger partial charge in [-0.25, -0.2) is 13.1 Å². The number of aliphatic hydroxyl groups excluding tert-OH is 2. The van der Waals surface area contributed by atoms with Crippen molar-refractivity contribution in [3.63, 3.8) is 0 Å². The zero-order chi connectivity index (χ0) is 28.7. The van der Waals surface area contributed by atoms with Gasteiger partial charge in [0.2, 0.25) is 15.9 Å². The lowest BCUT2D eigenvalue weighted by Gasteiger charge is -2.53. The van der Waals surface area contributed by atoms with Crippen molar-refractivity contribution in [3.05, 3.63) is 69.7 Å². The Morgan fingerprint density at radius 3 is 2.33 bits per heavy atom. The van der Waals surface area contributed by atoms with E-state index in [0.29, 0.717) is 35.7 Å². The lowest BCUT2D eigenvalue weighted by Crippen LogP contribution is -2.60. The molecule has 0 aromatic heterocycles. The molecule has 1 amide bonds. The minimum atomic E-state index is -3.46. The number of nitrogens with one attached hydrogen (secondary N) is 1. The Hall–Kier alpha value is -1.68. The van der Waals surface area contributed by atoms with Crippen molar-refractivity contribution >= 4 is 39.1 Å². The Bertz CT molecular complexity index is 1320. The summed E-state index contributed by atoms with van der Waals surface area (Å²) in [7, 11) is -3.46. The number of nitrogens with zero attached hydrogens (tertiary/aromatic N) is 1. The van der Waals surface area contributed by atoms with Gasteiger partial charge in [0.1, 0.15) is 0 Å². The molecule has 7 nitrogen and oxygen atoms in total. The Labute approximate surface area is 246 Å². The maximum absolute atomic E-state index is 14.8. The average Bonchev–Trinajstić information content (AvgIpc) is 3.84. The molecule has 2 aromatic rings. The first-order chi connectivity index (χ1) is 19.1. The van der Waals surface area contributed by atoms with Gasteiger partial charge >= 0.3 is 0 Å². The third-order valence-corrected chi connectivity index (χ3v) is 11.4. The van der Waals surface area contributed by atoms with Crippen molar-refractivity contribution in [2.75, 3.05) is 13.2 Å². The van der Waals surface area contributed by atoms with Crippen molar-refractivity contribution in [2.45, 2.75) is 81.2 Å². The highest BCUT2D eigenvalue weighted by atomic mass is 35.5. The van der Waals surface area contributed by atoms with Crippen LogP contribution in [0.2, 0.25) is 10.0 Å². The van der Waals surface area contributed by atoms with E-state index < -0.39 is 34.2 Å². The normalized spacial score (nSPS) is 27.0. The molecule has 2 aromatic carbocycles. The Kier molecular flexibility index (Phi) is 8.87. The summed E-state index contributed by atoms with van der Waals surface area (Å²) in [4.78, 5) is 16.7. The molecule has 3 aliphatic rings. The van der Waals surface area contributed by atoms with Gasteiger partial charge in [-0.3, -0.25) is 4.79 Å². The van der Waals surface area contributed by atoms with Crippen molar-refractivity contribution in [1.82, 2.24) is 9.62 Å². The van der Waals surface area contributed by atoms with E-state index in [2.05, 4.69) is 4.72 Å². The highest BCUT2D eigenvalue weighted by Crippen LogP contribution is 2.55. The molecular formula is C30H38Cl2N2O5S. The van der Waals surface area contributed by atoms with Crippen LogP contribution in [0.25, 0.3) is 0 Å². The summed E-state index contributed by atoms with van der Waals surface area (Å²) in [5.41, 5.74) is 0.931. The summed E-state index contributed by atoms with van der Waals surface area (Å²) in [6.07, 6.45) is 3.13. The first kappa shape index (κ1) is 29.8. The number of hydrogen-bond acceptors (Lipinski definition) is 5. The maximum Gasteiger partial charge on any atom is 0.229 e. The maximum atomic E-state index is 14.8. The van der Waals surface area contributed by atoms with Crippen LogP contribution in [0.4, 0.5) is 0 Å². The number of halogens is 2. The van der Waals surface area contributed by atoms with Crippen LogP contribution in [-0.4, -0.2) is 60.0 Å². The van der Waals surface area contributed by atoms with E-state index in [9.17, 15) is 23.4 Å². The summed E-state index contributed by atoms with van der Waals surface area (Å²) in [6, 6.07) is 14.4. The second-order valence-electron chi connectivity index (χ2n) is 11.7. The molecule has 5 rings (SSSR count). The van der Waals surface area contributed by atoms with Crippen LogP contribution in [0.3, 0.4) is 0 Å². The lowest BCUT2D eigenvalue weighted by atomic mass is 9.64. The molecule has 1 saturated heterocycles. The molecule has 218 valence electrons. The van der Waals surface area contributed by atoms with Gasteiger partial charge in [0.05, 0.1) is 29.4 Å². The zero-order valence-corrected chi connectivity index (χ0v) is 25.0. The van der Waals surface area contributed by atoms with Crippen LogP contribution in [0, 0.1) is 11.3 Å². The fourth-order valence-corrected chi connectivity index (χ4v) is 8.18. The van der Waals surface area contributed by atoms with Gasteiger partial charge in [-0.1, -0.05) is 54.4 Å². The highest BCUT2D eigenvalue weighted by molar-refractivity contribution is 7.90. The molecule has 3 fully saturated rings. The standard InChI is InChI=1S/C30H38Cl2N2O5S/c1-2-30(15-24(36)18-35)16-26(21-4-3-5-23(32)14-21)28(20-8-10-22(31)11-9-20)34(29(30)37)27(19-6-7-19)17-33-40(38,39)25-12-13-25/h3-5,8-11,14,19,24-28,33,35-36H,2,6-7,12-13,15-18H2,1H3/t24?,26-,27-,28-,30+/m1/s1. The van der Waals surface area contributed by atoms with Crippen LogP contribution in [0.5, 0.6) is 0 Å². The summed E-state index contributed by atoms with van der Waals surface area (Å²) in [5.74, 6) is -0.135. The summed E-state index contributed by atoms with van der Waals surface area (Å²) in [5, 5.41) is 21.2. The highest BCUT2D eigenvalue weighted by Gasteiger charge is 2.55. The monoisotopic (exact) mass is 608 g/mol. The number of rotatable bonds is 12. The summed E-state index contributed by atoms with van der Waals surface area (Å²) < 4.78 is 28.6. The fourth-order valence-electron chi connectivity index (χ4n) is 6.46. The first-order valence-corrected chi connectivity index (χ1v) is 16.5. The number of hydrogen-bond donors (Lipinski definition) is 3. The first-order valence-electron chi connectivity index (χ1n) is 14.2. The SMILES string of the molecule is CC[C@]1(CC(O)CO)C[C@H](c2cccc(Cl)c2)[C@@H](c2ccc(Cl)cc2)N([C@H](CNS(=O)(=O)C2CC2)C2CC2)C1=O. The summed E-state index contributed by atoms with van der Waals surface area (Å²) in [6.45, 7) is 1.65. The van der Waals surface area contributed by atoms with E-state index in [0.717, 1.165) is 24.0 Å². The molecule has 5 atom stereocenters. The molecule has 0 radical (unpaired) electrons. The van der Waals surface area contributed by atoms with Crippen molar-refractivity contribution in [3.8, 4) is 0 Å². The molecule has 1 heterocycles. The molecule has 0 bridgehead atoms. The number of likely N-dealkylation sites (tertiary alicyclic amines) is 1. The largest absolute Gasteiger partial charge is 0.394 e. The number of benzene rings is 2. The molecular weight excluding hydrogens is 571 g/mol. The third-order valence-electron chi connectivity index (χ3n) is 8.96. The predicted octanol–water partition coefficient (Wildman–Crippen LogP) is 5.05. The number of aliphatic hydroxyl groups is 2. The van der Waals surface area contributed by atoms with Gasteiger partial charge in [-0.05, 0) is 86.3 Å². The Morgan fingerprint density at radius 1 is 1.05 bits per heavy atom. The molecule has 40 heavy (non-hydrogen) atoms. The van der Waals surface area contributed by atoms with Gasteiger partial charge in [-0.2, -0.15) is 0 Å². The number of amides is 1. The second-order valence-corrected chi connectivity index (χ2v) is 14.7. The van der Waals surface area contributed by atoms with E-state index in [4.69, 9.17) is 23.2 Å². The smallest absolute Gasteiger partial charge is 0.229 e. The minimum Gasteiger partial charge on any atom is -0.394 e. The molecule has 3 N–H and O–H groups in total. The quantitative estimate of drug-likeness (QED) is 0.312. The van der Waals surface area contributed by atoms with Gasteiger partial charge in [0.25, 0.3) is 0 Å². The molecule has 10 heteroatoms. The van der Waals surface area contributed by atoms with E-state index in [-0.39, 0.29) is 42.0 Å². The van der Waals surface area contributed by atoms with Crippen LogP contribution in [0.15, 0.2) is 48.5 Å². The Morgan fingerprint density at radius 2 is 1.75 bits per heavy atom. The van der Waals surface area contributed by atoms with E-state index in [1.165, 1.54) is 0 Å². The number of carbonyl (C=O) groups is 1. The number of sulfonamides is 1. The van der Waals surface area contributed by atoms with E-state index in [1.54, 1.807) is 0 Å². The minimum absolute atomic E-state index is 0.108. The zero-order valence-electron chi connectivity index (χ0n) is 22.7. The van der Waals surface area contributed by atoms with Gasteiger partial charge in [0.15, 0.2) is 0 Å². The lowest BCUT2D eigenvalue weighted by molar-refractivity contribution is -0.160. The van der Waals surface area contributed by atoms with Gasteiger partial charge in [0, 0.05) is 28.5 Å². The molecule has 2 aliphatic carbocycles. The van der Waals surface area contributed by atoms with E-state index in [1.807, 2.05) is 60.4 Å². The molecule has 1 unspecified atom stereocenters. The van der Waals surface area contributed by atoms with Crippen LogP contribution in [-0.2, 0) is 14.8 Å². The second kappa shape index (κ2) is 11.9. The summed E-state index contributed by atoms with van der Waals surface area (Å²) >= 11 is 12.7. The third kappa shape index (κ3) is 6.22. The number of piperidine rings is 1. The predicted molar refractivity (Wildman–Crippen MR) is 157 cm³/mol. The van der Waals surface area contributed by atoms with Crippen LogP contribution in [0.1, 0.15) is 75.0 Å². The van der Waals surface area contributed by atoms with Crippen LogP contribution >= 0.6 is 23.2 Å². The van der Waals surface area contributed by atoms with Gasteiger partial charge < -0.3 is 15.1 Å². The average molecular weight is 610 g/mol. The van der Waals surface area contributed by atoms with E-state index >= 15 is 0 Å². The van der Waals surface area contributed by atoms with Gasteiger partial charge in [-0.15, -0.1) is 0 Å². The van der Waals surface area contributed by atoms with Crippen LogP contribution < -0.4 is 4.72 Å². The van der Waals surface area contributed by atoms with Crippen molar-refractivity contribution in [1.29, 1.82) is 0 Å². The topological polar surface area (TPSA) is 107 Å². The molecule has 1 aliphatic heterocycles. The fraction of sp³-hybridized carbons (Fsp3) is 0.567. The molecule has 2 saturated carbocycles. The number of carbonyl (C=O) groups excluding carboxylic acids is 1. The Balaban J connectivity index is 1.65. The van der Waals surface area contributed by atoms with Crippen molar-refractivity contribution in [2.24, 2.45) is 11.3 Å². The van der Waals surface area contributed by atoms with Crippen molar-refractivity contribution < 1.29 is 23.4 Å². The molecule has 0 spiro atoms.